The molecular formula is C27H32N2O6. The van der Waals surface area contributed by atoms with Crippen LogP contribution in [-0.4, -0.2) is 54.5 Å². The highest BCUT2D eigenvalue weighted by Gasteiger charge is 2.32. The SMILES string of the molecule is CC(C)C[C@@H](NC(=O)OCC1c2ccccc2-c2ccccc21)C(=O)NCC1CCC(C(=O)O)O1. The van der Waals surface area contributed by atoms with Gasteiger partial charge in [-0.2, -0.15) is 0 Å². The van der Waals surface area contributed by atoms with Gasteiger partial charge in [0, 0.05) is 12.5 Å². The highest BCUT2D eigenvalue weighted by molar-refractivity contribution is 5.85. The molecule has 4 rings (SSSR count). The molecule has 2 aromatic rings. The van der Waals surface area contributed by atoms with Crippen molar-refractivity contribution >= 4 is 18.0 Å². The lowest BCUT2D eigenvalue weighted by Gasteiger charge is -2.22. The molecule has 8 heteroatoms. The Morgan fingerprint density at radius 3 is 2.23 bits per heavy atom. The molecule has 3 N–H and O–H groups in total. The summed E-state index contributed by atoms with van der Waals surface area (Å²) in [5, 5.41) is 14.6. The molecule has 3 atom stereocenters. The maximum Gasteiger partial charge on any atom is 0.407 e. The van der Waals surface area contributed by atoms with Crippen LogP contribution in [0.15, 0.2) is 48.5 Å². The number of carbonyl (C=O) groups excluding carboxylic acids is 2. The number of alkyl carbamates (subject to hydrolysis) is 1. The summed E-state index contributed by atoms with van der Waals surface area (Å²) in [6.45, 7) is 4.31. The van der Waals surface area contributed by atoms with Crippen molar-refractivity contribution < 1.29 is 29.0 Å². The molecule has 35 heavy (non-hydrogen) atoms. The van der Waals surface area contributed by atoms with Crippen molar-refractivity contribution in [3.63, 3.8) is 0 Å². The number of carboxylic acids is 1. The monoisotopic (exact) mass is 480 g/mol. The summed E-state index contributed by atoms with van der Waals surface area (Å²) < 4.78 is 11.0. The van der Waals surface area contributed by atoms with Gasteiger partial charge in [0.2, 0.25) is 5.91 Å². The topological polar surface area (TPSA) is 114 Å². The summed E-state index contributed by atoms with van der Waals surface area (Å²) in [6, 6.07) is 15.4. The van der Waals surface area contributed by atoms with Crippen LogP contribution >= 0.6 is 0 Å². The zero-order valence-corrected chi connectivity index (χ0v) is 20.0. The molecule has 186 valence electrons. The number of fused-ring (bicyclic) bond motifs is 3. The van der Waals surface area contributed by atoms with Crippen molar-refractivity contribution in [2.45, 2.75) is 57.3 Å². The number of hydrogen-bond donors (Lipinski definition) is 3. The Balaban J connectivity index is 1.33. The number of hydrogen-bond acceptors (Lipinski definition) is 5. The smallest absolute Gasteiger partial charge is 0.407 e. The van der Waals surface area contributed by atoms with Gasteiger partial charge in [-0.15, -0.1) is 0 Å². The van der Waals surface area contributed by atoms with Crippen LogP contribution in [0.4, 0.5) is 4.79 Å². The van der Waals surface area contributed by atoms with Gasteiger partial charge in [0.25, 0.3) is 0 Å². The third-order valence-corrected chi connectivity index (χ3v) is 6.55. The molecule has 2 amide bonds. The normalized spacial score (nSPS) is 19.6. The number of benzene rings is 2. The molecule has 1 aliphatic heterocycles. The van der Waals surface area contributed by atoms with Gasteiger partial charge < -0.3 is 25.2 Å². The molecule has 1 heterocycles. The van der Waals surface area contributed by atoms with Crippen molar-refractivity contribution in [3.05, 3.63) is 59.7 Å². The van der Waals surface area contributed by atoms with Crippen LogP contribution in [0.25, 0.3) is 11.1 Å². The predicted octanol–water partition coefficient (Wildman–Crippen LogP) is 3.69. The molecule has 0 aromatic heterocycles. The van der Waals surface area contributed by atoms with E-state index in [2.05, 4.69) is 34.9 Å². The summed E-state index contributed by atoms with van der Waals surface area (Å²) in [5.74, 6) is -1.23. The van der Waals surface area contributed by atoms with Gasteiger partial charge in [-0.05, 0) is 47.4 Å². The van der Waals surface area contributed by atoms with Crippen LogP contribution in [0.5, 0.6) is 0 Å². The van der Waals surface area contributed by atoms with E-state index in [9.17, 15) is 14.4 Å². The minimum absolute atomic E-state index is 0.0628. The van der Waals surface area contributed by atoms with E-state index in [0.717, 1.165) is 22.3 Å². The van der Waals surface area contributed by atoms with Crippen LogP contribution in [0, 0.1) is 5.92 Å². The Bertz CT molecular complexity index is 1040. The van der Waals surface area contributed by atoms with Gasteiger partial charge in [-0.25, -0.2) is 9.59 Å². The third-order valence-electron chi connectivity index (χ3n) is 6.55. The van der Waals surface area contributed by atoms with Crippen molar-refractivity contribution in [1.29, 1.82) is 0 Å². The summed E-state index contributed by atoms with van der Waals surface area (Å²) in [7, 11) is 0. The minimum atomic E-state index is -0.992. The lowest BCUT2D eigenvalue weighted by atomic mass is 9.98. The maximum atomic E-state index is 12.8. The van der Waals surface area contributed by atoms with Crippen molar-refractivity contribution in [3.8, 4) is 11.1 Å². The standard InChI is InChI=1S/C27H32N2O6/c1-16(2)13-23(25(30)28-14-17-11-12-24(35-17)26(31)32)29-27(33)34-15-22-20-9-5-3-7-18(20)19-8-4-6-10-21(19)22/h3-10,16-17,22-24H,11-15H2,1-2H3,(H,28,30)(H,29,33)(H,31,32)/t17?,23-,24?/m1/s1. The number of aliphatic carboxylic acids is 1. The molecule has 2 unspecified atom stereocenters. The quantitative estimate of drug-likeness (QED) is 0.504. The molecular weight excluding hydrogens is 448 g/mol. The Morgan fingerprint density at radius 2 is 1.66 bits per heavy atom. The highest BCUT2D eigenvalue weighted by Crippen LogP contribution is 2.44. The number of rotatable bonds is 9. The molecule has 2 aliphatic rings. The summed E-state index contributed by atoms with van der Waals surface area (Å²) in [6.07, 6.45) is -0.402. The van der Waals surface area contributed by atoms with Gasteiger partial charge in [0.05, 0.1) is 6.10 Å². The van der Waals surface area contributed by atoms with Crippen LogP contribution < -0.4 is 10.6 Å². The molecule has 0 bridgehead atoms. The Morgan fingerprint density at radius 1 is 1.03 bits per heavy atom. The molecule has 2 aromatic carbocycles. The third kappa shape index (κ3) is 5.82. The second-order valence-electron chi connectivity index (χ2n) is 9.56. The van der Waals surface area contributed by atoms with Crippen molar-refractivity contribution in [1.82, 2.24) is 10.6 Å². The molecule has 1 saturated heterocycles. The fraction of sp³-hybridized carbons (Fsp3) is 0.444. The van der Waals surface area contributed by atoms with Crippen LogP contribution in [0.2, 0.25) is 0 Å². The number of carboxylic acid groups (broad SMARTS) is 1. The molecule has 0 saturated carbocycles. The lowest BCUT2D eigenvalue weighted by molar-refractivity contribution is -0.149. The first-order valence-corrected chi connectivity index (χ1v) is 12.1. The van der Waals surface area contributed by atoms with E-state index >= 15 is 0 Å². The van der Waals surface area contributed by atoms with Crippen molar-refractivity contribution in [2.75, 3.05) is 13.2 Å². The van der Waals surface area contributed by atoms with E-state index in [1.807, 2.05) is 38.1 Å². The Labute approximate surface area is 205 Å². The Hall–Kier alpha value is -3.39. The van der Waals surface area contributed by atoms with Crippen LogP contribution in [0.3, 0.4) is 0 Å². The molecule has 1 fully saturated rings. The average molecular weight is 481 g/mol. The van der Waals surface area contributed by atoms with E-state index in [0.29, 0.717) is 19.3 Å². The number of ether oxygens (including phenoxy) is 2. The minimum Gasteiger partial charge on any atom is -0.479 e. The van der Waals surface area contributed by atoms with Gasteiger partial charge in [0.1, 0.15) is 12.6 Å². The van der Waals surface area contributed by atoms with E-state index < -0.39 is 24.2 Å². The number of amides is 2. The van der Waals surface area contributed by atoms with E-state index in [1.165, 1.54) is 0 Å². The molecule has 8 nitrogen and oxygen atoms in total. The number of nitrogens with one attached hydrogen (secondary N) is 2. The second kappa shape index (κ2) is 10.9. The van der Waals surface area contributed by atoms with Gasteiger partial charge >= 0.3 is 12.1 Å². The molecule has 0 spiro atoms. The van der Waals surface area contributed by atoms with Crippen LogP contribution in [0.1, 0.15) is 50.2 Å². The van der Waals surface area contributed by atoms with Gasteiger partial charge in [-0.3, -0.25) is 4.79 Å². The highest BCUT2D eigenvalue weighted by atomic mass is 16.5. The van der Waals surface area contributed by atoms with Crippen LogP contribution in [-0.2, 0) is 19.1 Å². The fourth-order valence-electron chi connectivity index (χ4n) is 4.86. The predicted molar refractivity (Wildman–Crippen MR) is 130 cm³/mol. The second-order valence-corrected chi connectivity index (χ2v) is 9.56. The Kier molecular flexibility index (Phi) is 7.70. The van der Waals surface area contributed by atoms with E-state index in [-0.39, 0.29) is 37.0 Å². The molecule has 1 aliphatic carbocycles. The van der Waals surface area contributed by atoms with Gasteiger partial charge in [-0.1, -0.05) is 62.4 Å². The summed E-state index contributed by atoms with van der Waals surface area (Å²) in [5.41, 5.74) is 4.53. The summed E-state index contributed by atoms with van der Waals surface area (Å²) in [4.78, 5) is 36.6. The van der Waals surface area contributed by atoms with Crippen molar-refractivity contribution in [2.24, 2.45) is 5.92 Å². The first-order chi connectivity index (χ1) is 16.8. The summed E-state index contributed by atoms with van der Waals surface area (Å²) >= 11 is 0. The first kappa shape index (κ1) is 24.7. The fourth-order valence-corrected chi connectivity index (χ4v) is 4.86. The largest absolute Gasteiger partial charge is 0.479 e. The van der Waals surface area contributed by atoms with E-state index in [1.54, 1.807) is 0 Å². The average Bonchev–Trinajstić information content (AvgIpc) is 3.44. The zero-order valence-electron chi connectivity index (χ0n) is 20.0. The maximum absolute atomic E-state index is 12.8. The van der Waals surface area contributed by atoms with Gasteiger partial charge in [0.15, 0.2) is 6.10 Å². The van der Waals surface area contributed by atoms with E-state index in [4.69, 9.17) is 14.6 Å². The first-order valence-electron chi connectivity index (χ1n) is 12.1. The zero-order chi connectivity index (χ0) is 24.9. The molecule has 0 radical (unpaired) electrons. The number of carbonyl (C=O) groups is 3. The lowest BCUT2D eigenvalue weighted by Crippen LogP contribution is -2.49.